The number of nitrogens with zero attached hydrogens (tertiary/aromatic N) is 1. The molecule has 6 heteroatoms. The van der Waals surface area contributed by atoms with E-state index in [1.165, 1.54) is 14.2 Å². The number of nitrogens with one attached hydrogen (secondary N) is 1. The van der Waals surface area contributed by atoms with Crippen LogP contribution in [0.3, 0.4) is 0 Å². The van der Waals surface area contributed by atoms with Crippen molar-refractivity contribution in [2.24, 2.45) is 5.10 Å². The summed E-state index contributed by atoms with van der Waals surface area (Å²) in [6.45, 7) is 0. The summed E-state index contributed by atoms with van der Waals surface area (Å²) in [6.07, 6.45) is 1.57. The monoisotopic (exact) mass is 288 g/mol. The maximum absolute atomic E-state index is 9.81. The second-order valence-electron chi connectivity index (χ2n) is 4.19. The summed E-state index contributed by atoms with van der Waals surface area (Å²) >= 11 is 0. The molecular weight excluding hydrogens is 272 g/mol. The minimum Gasteiger partial charge on any atom is -0.508 e. The molecule has 0 atom stereocenters. The standard InChI is InChI=1S/C15H16N2O4/c1-20-13-7-10(8-14(21-2)15(13)19)9-16-17-11-3-5-12(18)6-4-11/h3-9,17-19H,1-2H3. The van der Waals surface area contributed by atoms with Gasteiger partial charge in [0.05, 0.1) is 26.1 Å². The van der Waals surface area contributed by atoms with E-state index < -0.39 is 0 Å². The van der Waals surface area contributed by atoms with Crippen molar-refractivity contribution in [3.05, 3.63) is 42.0 Å². The van der Waals surface area contributed by atoms with Crippen LogP contribution in [0.1, 0.15) is 5.56 Å². The first-order valence-electron chi connectivity index (χ1n) is 6.17. The largest absolute Gasteiger partial charge is 0.508 e. The first-order chi connectivity index (χ1) is 10.1. The van der Waals surface area contributed by atoms with Gasteiger partial charge in [-0.15, -0.1) is 0 Å². The van der Waals surface area contributed by atoms with Gasteiger partial charge in [0.15, 0.2) is 11.5 Å². The number of aromatic hydroxyl groups is 2. The van der Waals surface area contributed by atoms with Gasteiger partial charge in [-0.25, -0.2) is 0 Å². The molecule has 2 aromatic rings. The van der Waals surface area contributed by atoms with Crippen LogP contribution in [0.4, 0.5) is 5.69 Å². The van der Waals surface area contributed by atoms with Crippen molar-refractivity contribution in [2.45, 2.75) is 0 Å². The fourth-order valence-corrected chi connectivity index (χ4v) is 1.71. The number of rotatable bonds is 5. The maximum Gasteiger partial charge on any atom is 0.200 e. The lowest BCUT2D eigenvalue weighted by molar-refractivity contribution is 0.340. The van der Waals surface area contributed by atoms with Crippen molar-refractivity contribution in [1.82, 2.24) is 0 Å². The van der Waals surface area contributed by atoms with E-state index in [2.05, 4.69) is 10.5 Å². The number of hydrogen-bond acceptors (Lipinski definition) is 6. The average molecular weight is 288 g/mol. The van der Waals surface area contributed by atoms with Crippen molar-refractivity contribution in [2.75, 3.05) is 19.6 Å². The lowest BCUT2D eigenvalue weighted by Gasteiger charge is -2.09. The molecule has 0 saturated heterocycles. The number of phenols is 2. The van der Waals surface area contributed by atoms with Crippen LogP contribution in [0.25, 0.3) is 0 Å². The molecule has 0 radical (unpaired) electrons. The maximum atomic E-state index is 9.81. The third-order valence-corrected chi connectivity index (χ3v) is 2.78. The van der Waals surface area contributed by atoms with Crippen LogP contribution in [-0.2, 0) is 0 Å². The molecular formula is C15H16N2O4. The van der Waals surface area contributed by atoms with Crippen LogP contribution in [0.2, 0.25) is 0 Å². The predicted molar refractivity (Wildman–Crippen MR) is 80.5 cm³/mol. The van der Waals surface area contributed by atoms with Crippen molar-refractivity contribution in [3.63, 3.8) is 0 Å². The zero-order valence-corrected chi connectivity index (χ0v) is 11.7. The minimum absolute atomic E-state index is 0.0522. The highest BCUT2D eigenvalue weighted by Gasteiger charge is 2.10. The molecule has 0 spiro atoms. The van der Waals surface area contributed by atoms with Gasteiger partial charge in [-0.3, -0.25) is 5.43 Å². The molecule has 110 valence electrons. The fourth-order valence-electron chi connectivity index (χ4n) is 1.71. The van der Waals surface area contributed by atoms with Gasteiger partial charge in [0, 0.05) is 5.56 Å². The molecule has 6 nitrogen and oxygen atoms in total. The third-order valence-electron chi connectivity index (χ3n) is 2.78. The van der Waals surface area contributed by atoms with E-state index in [0.717, 1.165) is 5.69 Å². The van der Waals surface area contributed by atoms with Gasteiger partial charge >= 0.3 is 0 Å². The second-order valence-corrected chi connectivity index (χ2v) is 4.19. The molecule has 0 fully saturated rings. The fraction of sp³-hybridized carbons (Fsp3) is 0.133. The number of benzene rings is 2. The van der Waals surface area contributed by atoms with Crippen molar-refractivity contribution in [1.29, 1.82) is 0 Å². The Bertz CT molecular complexity index is 614. The summed E-state index contributed by atoms with van der Waals surface area (Å²) < 4.78 is 10.1. The summed E-state index contributed by atoms with van der Waals surface area (Å²) in [5.74, 6) is 0.752. The Kier molecular flexibility index (Phi) is 4.50. The van der Waals surface area contributed by atoms with Crippen molar-refractivity contribution in [3.8, 4) is 23.0 Å². The summed E-state index contributed by atoms with van der Waals surface area (Å²) in [4.78, 5) is 0. The average Bonchev–Trinajstić information content (AvgIpc) is 2.50. The lowest BCUT2D eigenvalue weighted by atomic mass is 10.2. The number of phenolic OH excluding ortho intramolecular Hbond substituents is 2. The number of methoxy groups -OCH3 is 2. The quantitative estimate of drug-likeness (QED) is 0.447. The third kappa shape index (κ3) is 3.56. The SMILES string of the molecule is COc1cc(C=NNc2ccc(O)cc2)cc(OC)c1O. The zero-order chi connectivity index (χ0) is 15.2. The Morgan fingerprint density at radius 2 is 1.57 bits per heavy atom. The molecule has 0 heterocycles. The molecule has 0 aliphatic rings. The molecule has 3 N–H and O–H groups in total. The van der Waals surface area contributed by atoms with E-state index >= 15 is 0 Å². The summed E-state index contributed by atoms with van der Waals surface area (Å²) in [6, 6.07) is 9.80. The Morgan fingerprint density at radius 3 is 2.10 bits per heavy atom. The highest BCUT2D eigenvalue weighted by atomic mass is 16.5. The van der Waals surface area contributed by atoms with Gasteiger partial charge in [-0.05, 0) is 36.4 Å². The van der Waals surface area contributed by atoms with E-state index in [-0.39, 0.29) is 11.5 Å². The lowest BCUT2D eigenvalue weighted by Crippen LogP contribution is -1.94. The van der Waals surface area contributed by atoms with Crippen LogP contribution >= 0.6 is 0 Å². The number of hydrogen-bond donors (Lipinski definition) is 3. The van der Waals surface area contributed by atoms with Crippen molar-refractivity contribution >= 4 is 11.9 Å². The van der Waals surface area contributed by atoms with Gasteiger partial charge in [0.25, 0.3) is 0 Å². The molecule has 2 rings (SSSR count). The molecule has 0 aliphatic carbocycles. The Morgan fingerprint density at radius 1 is 1.00 bits per heavy atom. The molecule has 2 aromatic carbocycles. The van der Waals surface area contributed by atoms with E-state index in [1.54, 1.807) is 42.6 Å². The molecule has 0 bridgehead atoms. The smallest absolute Gasteiger partial charge is 0.200 e. The van der Waals surface area contributed by atoms with Crippen LogP contribution in [-0.4, -0.2) is 30.6 Å². The van der Waals surface area contributed by atoms with Gasteiger partial charge in [0.1, 0.15) is 5.75 Å². The van der Waals surface area contributed by atoms with E-state index in [4.69, 9.17) is 9.47 Å². The first-order valence-corrected chi connectivity index (χ1v) is 6.17. The summed E-state index contributed by atoms with van der Waals surface area (Å²) in [7, 11) is 2.92. The molecule has 0 unspecified atom stereocenters. The van der Waals surface area contributed by atoms with Crippen LogP contribution in [0.15, 0.2) is 41.5 Å². The zero-order valence-electron chi connectivity index (χ0n) is 11.7. The number of ether oxygens (including phenoxy) is 2. The van der Waals surface area contributed by atoms with E-state index in [0.29, 0.717) is 17.1 Å². The molecule has 21 heavy (non-hydrogen) atoms. The summed E-state index contributed by atoms with van der Waals surface area (Å²) in [5, 5.41) is 23.1. The summed E-state index contributed by atoms with van der Waals surface area (Å²) in [5.41, 5.74) is 4.26. The molecule has 0 saturated carbocycles. The van der Waals surface area contributed by atoms with Crippen LogP contribution in [0.5, 0.6) is 23.0 Å². The molecule has 0 amide bonds. The van der Waals surface area contributed by atoms with Crippen LogP contribution in [0, 0.1) is 0 Å². The molecule has 0 aliphatic heterocycles. The van der Waals surface area contributed by atoms with Gasteiger partial charge < -0.3 is 19.7 Å². The van der Waals surface area contributed by atoms with Crippen molar-refractivity contribution < 1.29 is 19.7 Å². The highest BCUT2D eigenvalue weighted by molar-refractivity contribution is 5.82. The Labute approximate surface area is 122 Å². The Balaban J connectivity index is 2.15. The topological polar surface area (TPSA) is 83.3 Å². The van der Waals surface area contributed by atoms with Crippen LogP contribution < -0.4 is 14.9 Å². The Hall–Kier alpha value is -2.89. The number of hydrazone groups is 1. The van der Waals surface area contributed by atoms with Gasteiger partial charge in [-0.1, -0.05) is 0 Å². The predicted octanol–water partition coefficient (Wildman–Crippen LogP) is 2.56. The first kappa shape index (κ1) is 14.5. The van der Waals surface area contributed by atoms with Gasteiger partial charge in [-0.2, -0.15) is 5.10 Å². The second kappa shape index (κ2) is 6.51. The van der Waals surface area contributed by atoms with Gasteiger partial charge in [0.2, 0.25) is 5.75 Å². The number of anilines is 1. The van der Waals surface area contributed by atoms with E-state index in [9.17, 15) is 10.2 Å². The highest BCUT2D eigenvalue weighted by Crippen LogP contribution is 2.36. The normalized spacial score (nSPS) is 10.6. The minimum atomic E-state index is -0.0522. The molecule has 0 aromatic heterocycles. The van der Waals surface area contributed by atoms with E-state index in [1.807, 2.05) is 0 Å².